The fourth-order valence-electron chi connectivity index (χ4n) is 2.43. The van der Waals surface area contributed by atoms with Crippen LogP contribution in [0.4, 0.5) is 0 Å². The normalized spacial score (nSPS) is 29.3. The average Bonchev–Trinajstić information content (AvgIpc) is 2.62. The third-order valence-corrected chi connectivity index (χ3v) is 3.86. The molecule has 1 rings (SSSR count). The van der Waals surface area contributed by atoms with Crippen molar-refractivity contribution in [3.63, 3.8) is 0 Å². The van der Waals surface area contributed by atoms with Gasteiger partial charge in [0.15, 0.2) is 0 Å². The predicted molar refractivity (Wildman–Crippen MR) is 76.0 cm³/mol. The van der Waals surface area contributed by atoms with Gasteiger partial charge in [0.05, 0.1) is 17.9 Å². The first-order valence-electron chi connectivity index (χ1n) is 6.43. The van der Waals surface area contributed by atoms with E-state index in [2.05, 4.69) is 45.5 Å². The Morgan fingerprint density at radius 3 is 2.61 bits per heavy atom. The molecule has 2 unspecified atom stereocenters. The molecular weight excluding hydrogens is 226 g/mol. The summed E-state index contributed by atoms with van der Waals surface area (Å²) in [6.45, 7) is 14.8. The Balaban J connectivity index is 3.34. The maximum absolute atomic E-state index is 6.22. The first-order chi connectivity index (χ1) is 8.42. The van der Waals surface area contributed by atoms with Gasteiger partial charge in [0.2, 0.25) is 0 Å². The van der Waals surface area contributed by atoms with Crippen LogP contribution in [-0.2, 0) is 9.47 Å². The van der Waals surface area contributed by atoms with E-state index in [0.717, 1.165) is 11.3 Å². The highest BCUT2D eigenvalue weighted by Gasteiger charge is 2.45. The summed E-state index contributed by atoms with van der Waals surface area (Å²) in [4.78, 5) is 4.20. The Bertz CT molecular complexity index is 382. The van der Waals surface area contributed by atoms with Gasteiger partial charge in [0.25, 0.3) is 0 Å². The van der Waals surface area contributed by atoms with E-state index in [-0.39, 0.29) is 11.7 Å². The van der Waals surface area contributed by atoms with Crippen molar-refractivity contribution in [1.82, 2.24) is 0 Å². The lowest BCUT2D eigenvalue weighted by molar-refractivity contribution is -0.0702. The van der Waals surface area contributed by atoms with Crippen LogP contribution in [-0.4, -0.2) is 32.1 Å². The molecule has 0 N–H and O–H groups in total. The molecule has 0 aromatic carbocycles. The second-order valence-corrected chi connectivity index (χ2v) is 5.21. The van der Waals surface area contributed by atoms with Crippen LogP contribution in [0, 0.1) is 5.92 Å². The highest BCUT2D eigenvalue weighted by Crippen LogP contribution is 2.44. The van der Waals surface area contributed by atoms with Crippen LogP contribution in [0.2, 0.25) is 0 Å². The SMILES string of the molecule is C=NC1=C(/C(C)=C\C)C(C)(C(C)C)OC1COC. The van der Waals surface area contributed by atoms with Gasteiger partial charge >= 0.3 is 0 Å². The molecule has 18 heavy (non-hydrogen) atoms. The van der Waals surface area contributed by atoms with Crippen molar-refractivity contribution in [3.05, 3.63) is 22.9 Å². The number of hydrogen-bond acceptors (Lipinski definition) is 3. The maximum Gasteiger partial charge on any atom is 0.124 e. The molecule has 0 aromatic heterocycles. The summed E-state index contributed by atoms with van der Waals surface area (Å²) in [7, 11) is 1.68. The molecule has 3 nitrogen and oxygen atoms in total. The van der Waals surface area contributed by atoms with Gasteiger partial charge in [-0.3, -0.25) is 4.99 Å². The molecular formula is C15H25NO2. The summed E-state index contributed by atoms with van der Waals surface area (Å²) >= 11 is 0. The van der Waals surface area contributed by atoms with E-state index in [1.165, 1.54) is 5.57 Å². The van der Waals surface area contributed by atoms with Crippen LogP contribution in [0.1, 0.15) is 34.6 Å². The molecule has 1 aliphatic heterocycles. The summed E-state index contributed by atoms with van der Waals surface area (Å²) < 4.78 is 11.4. The van der Waals surface area contributed by atoms with Gasteiger partial charge in [-0.1, -0.05) is 19.9 Å². The van der Waals surface area contributed by atoms with Crippen LogP contribution in [0.25, 0.3) is 0 Å². The lowest BCUT2D eigenvalue weighted by Crippen LogP contribution is -2.36. The quantitative estimate of drug-likeness (QED) is 0.701. The fraction of sp³-hybridized carbons (Fsp3) is 0.667. The smallest absolute Gasteiger partial charge is 0.124 e. The molecule has 102 valence electrons. The van der Waals surface area contributed by atoms with E-state index in [4.69, 9.17) is 9.47 Å². The molecule has 0 bridgehead atoms. The zero-order chi connectivity index (χ0) is 13.9. The Kier molecular flexibility index (Phi) is 4.88. The van der Waals surface area contributed by atoms with Crippen molar-refractivity contribution in [2.24, 2.45) is 10.9 Å². The van der Waals surface area contributed by atoms with E-state index in [9.17, 15) is 0 Å². The highest BCUT2D eigenvalue weighted by atomic mass is 16.5. The molecule has 0 amide bonds. The third kappa shape index (κ3) is 2.43. The Hall–Kier alpha value is -0.930. The number of ether oxygens (including phenoxy) is 2. The molecule has 2 atom stereocenters. The van der Waals surface area contributed by atoms with Crippen molar-refractivity contribution >= 4 is 6.72 Å². The minimum absolute atomic E-state index is 0.121. The van der Waals surface area contributed by atoms with E-state index in [0.29, 0.717) is 12.5 Å². The Morgan fingerprint density at radius 2 is 2.22 bits per heavy atom. The Labute approximate surface area is 111 Å². The monoisotopic (exact) mass is 251 g/mol. The second kappa shape index (κ2) is 5.81. The molecule has 0 radical (unpaired) electrons. The fourth-order valence-corrected chi connectivity index (χ4v) is 2.43. The molecule has 0 aromatic rings. The van der Waals surface area contributed by atoms with Crippen LogP contribution in [0.3, 0.4) is 0 Å². The minimum atomic E-state index is -0.323. The van der Waals surface area contributed by atoms with Gasteiger partial charge in [-0.25, -0.2) is 0 Å². The third-order valence-electron chi connectivity index (χ3n) is 3.86. The molecule has 3 heteroatoms. The van der Waals surface area contributed by atoms with Crippen molar-refractivity contribution in [2.45, 2.75) is 46.3 Å². The number of nitrogens with zero attached hydrogens (tertiary/aromatic N) is 1. The van der Waals surface area contributed by atoms with Crippen molar-refractivity contribution in [3.8, 4) is 0 Å². The van der Waals surface area contributed by atoms with Crippen LogP contribution in [0.15, 0.2) is 27.9 Å². The van der Waals surface area contributed by atoms with E-state index in [1.807, 2.05) is 6.92 Å². The van der Waals surface area contributed by atoms with Gasteiger partial charge in [-0.2, -0.15) is 0 Å². The number of aliphatic imine (C=N–C) groups is 1. The molecule has 1 heterocycles. The number of rotatable bonds is 5. The highest BCUT2D eigenvalue weighted by molar-refractivity contribution is 5.48. The number of hydrogen-bond donors (Lipinski definition) is 0. The van der Waals surface area contributed by atoms with E-state index >= 15 is 0 Å². The van der Waals surface area contributed by atoms with Gasteiger partial charge < -0.3 is 9.47 Å². The van der Waals surface area contributed by atoms with E-state index < -0.39 is 0 Å². The first kappa shape index (κ1) is 15.1. The lowest BCUT2D eigenvalue weighted by atomic mass is 9.81. The lowest BCUT2D eigenvalue weighted by Gasteiger charge is -2.33. The average molecular weight is 251 g/mol. The molecule has 0 spiro atoms. The minimum Gasteiger partial charge on any atom is -0.382 e. The second-order valence-electron chi connectivity index (χ2n) is 5.21. The molecule has 0 fully saturated rings. The summed E-state index contributed by atoms with van der Waals surface area (Å²) in [5, 5.41) is 0. The van der Waals surface area contributed by atoms with E-state index in [1.54, 1.807) is 7.11 Å². The number of methoxy groups -OCH3 is 1. The molecule has 0 aliphatic carbocycles. The maximum atomic E-state index is 6.22. The largest absolute Gasteiger partial charge is 0.382 e. The van der Waals surface area contributed by atoms with Crippen LogP contribution < -0.4 is 0 Å². The molecule has 0 saturated heterocycles. The molecule has 0 saturated carbocycles. The Morgan fingerprint density at radius 1 is 1.61 bits per heavy atom. The first-order valence-corrected chi connectivity index (χ1v) is 6.43. The zero-order valence-electron chi connectivity index (χ0n) is 12.4. The topological polar surface area (TPSA) is 30.8 Å². The van der Waals surface area contributed by atoms with Gasteiger partial charge in [-0.15, -0.1) is 0 Å². The van der Waals surface area contributed by atoms with Gasteiger partial charge in [0, 0.05) is 12.7 Å². The number of allylic oxidation sites excluding steroid dienone is 1. The van der Waals surface area contributed by atoms with Crippen molar-refractivity contribution in [1.29, 1.82) is 0 Å². The predicted octanol–water partition coefficient (Wildman–Crippen LogP) is 3.37. The van der Waals surface area contributed by atoms with Crippen LogP contribution in [0.5, 0.6) is 0 Å². The van der Waals surface area contributed by atoms with Crippen molar-refractivity contribution in [2.75, 3.05) is 13.7 Å². The molecule has 1 aliphatic rings. The summed E-state index contributed by atoms with van der Waals surface area (Å²) in [6.07, 6.45) is 1.98. The summed E-state index contributed by atoms with van der Waals surface area (Å²) in [6, 6.07) is 0. The zero-order valence-corrected chi connectivity index (χ0v) is 12.4. The van der Waals surface area contributed by atoms with Gasteiger partial charge in [0.1, 0.15) is 6.10 Å². The standard InChI is InChI=1S/C15H25NO2/c1-8-11(4)13-14(16-6)12(9-17-7)18-15(13,5)10(2)3/h8,10,12H,6,9H2,1-5,7H3/b11-8-. The summed E-state index contributed by atoms with van der Waals surface area (Å²) in [5.74, 6) is 0.362. The summed E-state index contributed by atoms with van der Waals surface area (Å²) in [5.41, 5.74) is 2.96. The van der Waals surface area contributed by atoms with Gasteiger partial charge in [-0.05, 0) is 39.0 Å². The van der Waals surface area contributed by atoms with Crippen molar-refractivity contribution < 1.29 is 9.47 Å². The van der Waals surface area contributed by atoms with Crippen LogP contribution >= 0.6 is 0 Å².